The number of methoxy groups -OCH3 is 2. The van der Waals surface area contributed by atoms with Crippen molar-refractivity contribution in [2.24, 2.45) is 0 Å². The van der Waals surface area contributed by atoms with Crippen LogP contribution < -0.4 is 4.74 Å². The minimum Gasteiger partial charge on any atom is -0.495 e. The Balaban J connectivity index is 2.52. The van der Waals surface area contributed by atoms with Crippen LogP contribution >= 0.6 is 0 Å². The third-order valence-corrected chi connectivity index (χ3v) is 2.99. The Kier molecular flexibility index (Phi) is 6.54. The van der Waals surface area contributed by atoms with Crippen molar-refractivity contribution in [3.63, 3.8) is 0 Å². The lowest BCUT2D eigenvalue weighted by atomic mass is 10.1. The summed E-state index contributed by atoms with van der Waals surface area (Å²) in [6, 6.07) is 7.64. The van der Waals surface area contributed by atoms with E-state index in [2.05, 4.69) is 15.7 Å². The molecule has 0 heterocycles. The van der Waals surface area contributed by atoms with E-state index in [4.69, 9.17) is 10.00 Å². The zero-order valence-corrected chi connectivity index (χ0v) is 12.2. The van der Waals surface area contributed by atoms with E-state index >= 15 is 0 Å². The van der Waals surface area contributed by atoms with Gasteiger partial charge in [-0.2, -0.15) is 5.26 Å². The van der Waals surface area contributed by atoms with Crippen molar-refractivity contribution >= 4 is 5.97 Å². The average molecular weight is 276 g/mol. The van der Waals surface area contributed by atoms with Crippen LogP contribution in [0.5, 0.6) is 5.75 Å². The highest BCUT2D eigenvalue weighted by Gasteiger charge is 2.07. The molecule has 0 aromatic heterocycles. The van der Waals surface area contributed by atoms with Gasteiger partial charge in [0.1, 0.15) is 11.8 Å². The van der Waals surface area contributed by atoms with Crippen molar-refractivity contribution in [1.82, 2.24) is 4.90 Å². The zero-order chi connectivity index (χ0) is 15.0. The van der Waals surface area contributed by atoms with Gasteiger partial charge < -0.3 is 14.4 Å². The summed E-state index contributed by atoms with van der Waals surface area (Å²) in [4.78, 5) is 13.1. The molecular formula is C15H20N2O3. The van der Waals surface area contributed by atoms with Crippen LogP contribution in [0, 0.1) is 11.3 Å². The number of benzene rings is 1. The van der Waals surface area contributed by atoms with Crippen LogP contribution in [-0.4, -0.2) is 38.7 Å². The second-order valence-corrected chi connectivity index (χ2v) is 4.56. The number of carbonyl (C=O) groups is 1. The van der Waals surface area contributed by atoms with Gasteiger partial charge in [-0.25, -0.2) is 0 Å². The number of esters is 1. The van der Waals surface area contributed by atoms with Gasteiger partial charge in [0.05, 0.1) is 19.8 Å². The van der Waals surface area contributed by atoms with E-state index in [0.717, 1.165) is 25.1 Å². The molecule has 0 saturated carbocycles. The summed E-state index contributed by atoms with van der Waals surface area (Å²) < 4.78 is 9.78. The van der Waals surface area contributed by atoms with Crippen molar-refractivity contribution < 1.29 is 14.3 Å². The highest BCUT2D eigenvalue weighted by atomic mass is 16.5. The first-order valence-electron chi connectivity index (χ1n) is 6.43. The summed E-state index contributed by atoms with van der Waals surface area (Å²) in [6.07, 6.45) is 1.19. The van der Waals surface area contributed by atoms with Crippen LogP contribution in [0.2, 0.25) is 0 Å². The molecule has 5 heteroatoms. The maximum absolute atomic E-state index is 11.0. The van der Waals surface area contributed by atoms with Gasteiger partial charge in [-0.3, -0.25) is 4.79 Å². The number of carbonyl (C=O) groups excluding carboxylic acids is 1. The minimum absolute atomic E-state index is 0.182. The highest BCUT2D eigenvalue weighted by Crippen LogP contribution is 2.20. The quantitative estimate of drug-likeness (QED) is 0.712. The van der Waals surface area contributed by atoms with Crippen molar-refractivity contribution in [3.8, 4) is 11.8 Å². The number of hydrogen-bond donors (Lipinski definition) is 0. The van der Waals surface area contributed by atoms with Crippen LogP contribution in [0.1, 0.15) is 24.0 Å². The molecule has 5 nitrogen and oxygen atoms in total. The van der Waals surface area contributed by atoms with Crippen LogP contribution in [-0.2, 0) is 16.1 Å². The molecule has 1 rings (SSSR count). The molecule has 20 heavy (non-hydrogen) atoms. The summed E-state index contributed by atoms with van der Waals surface area (Å²) in [5.74, 6) is 0.409. The van der Waals surface area contributed by atoms with Crippen molar-refractivity contribution in [1.29, 1.82) is 5.26 Å². The first-order chi connectivity index (χ1) is 9.60. The molecule has 108 valence electrons. The van der Waals surface area contributed by atoms with E-state index < -0.39 is 0 Å². The van der Waals surface area contributed by atoms with E-state index in [1.54, 1.807) is 13.2 Å². The van der Waals surface area contributed by atoms with Gasteiger partial charge in [0.15, 0.2) is 0 Å². The summed E-state index contributed by atoms with van der Waals surface area (Å²) in [5.41, 5.74) is 1.60. The predicted octanol–water partition coefficient (Wildman–Crippen LogP) is 1.95. The molecule has 0 aliphatic carbocycles. The van der Waals surface area contributed by atoms with Gasteiger partial charge in [0.25, 0.3) is 0 Å². The molecule has 0 N–H and O–H groups in total. The fraction of sp³-hybridized carbons (Fsp3) is 0.467. The Hall–Kier alpha value is -2.06. The largest absolute Gasteiger partial charge is 0.495 e. The summed E-state index contributed by atoms with van der Waals surface area (Å²) in [6.45, 7) is 1.54. The lowest BCUT2D eigenvalue weighted by Crippen LogP contribution is -2.20. The molecule has 0 aliphatic heterocycles. The van der Waals surface area contributed by atoms with E-state index in [1.165, 1.54) is 7.11 Å². The van der Waals surface area contributed by atoms with Crippen molar-refractivity contribution in [2.45, 2.75) is 19.4 Å². The molecule has 0 fully saturated rings. The number of rotatable bonds is 7. The second kappa shape index (κ2) is 8.18. The molecule has 0 radical (unpaired) electrons. The first kappa shape index (κ1) is 16.0. The van der Waals surface area contributed by atoms with E-state index in [1.807, 2.05) is 19.2 Å². The number of nitrogens with zero attached hydrogens (tertiary/aromatic N) is 2. The molecule has 0 aliphatic rings. The predicted molar refractivity (Wildman–Crippen MR) is 75.3 cm³/mol. The molecule has 1 aromatic carbocycles. The summed E-state index contributed by atoms with van der Waals surface area (Å²) >= 11 is 0. The fourth-order valence-electron chi connectivity index (χ4n) is 1.91. The van der Waals surface area contributed by atoms with Gasteiger partial charge in [0, 0.05) is 13.0 Å². The lowest BCUT2D eigenvalue weighted by Gasteiger charge is -2.17. The van der Waals surface area contributed by atoms with Gasteiger partial charge >= 0.3 is 5.97 Å². The van der Waals surface area contributed by atoms with Crippen LogP contribution in [0.3, 0.4) is 0 Å². The third kappa shape index (κ3) is 4.90. The van der Waals surface area contributed by atoms with Crippen LogP contribution in [0.15, 0.2) is 18.2 Å². The lowest BCUT2D eigenvalue weighted by molar-refractivity contribution is -0.140. The van der Waals surface area contributed by atoms with Crippen LogP contribution in [0.25, 0.3) is 0 Å². The van der Waals surface area contributed by atoms with Gasteiger partial charge in [0.2, 0.25) is 0 Å². The highest BCUT2D eigenvalue weighted by molar-refractivity contribution is 5.69. The molecule has 0 atom stereocenters. The van der Waals surface area contributed by atoms with Crippen LogP contribution in [0.4, 0.5) is 0 Å². The number of ether oxygens (including phenoxy) is 2. The number of hydrogen-bond acceptors (Lipinski definition) is 5. The first-order valence-corrected chi connectivity index (χ1v) is 6.43. The topological polar surface area (TPSA) is 62.6 Å². The van der Waals surface area contributed by atoms with E-state index in [9.17, 15) is 4.79 Å². The summed E-state index contributed by atoms with van der Waals surface area (Å²) in [7, 11) is 4.94. The molecule has 0 bridgehead atoms. The fourth-order valence-corrected chi connectivity index (χ4v) is 1.91. The van der Waals surface area contributed by atoms with Gasteiger partial charge in [-0.15, -0.1) is 0 Å². The van der Waals surface area contributed by atoms with Crippen molar-refractivity contribution in [3.05, 3.63) is 29.3 Å². The van der Waals surface area contributed by atoms with E-state index in [-0.39, 0.29) is 5.97 Å². The standard InChI is InChI=1S/C15H20N2O3/c1-17(8-4-5-15(18)20-3)11-12-6-7-13(10-16)14(9-12)19-2/h6-7,9H,4-5,8,11H2,1-3H3. The number of nitriles is 1. The average Bonchev–Trinajstić information content (AvgIpc) is 2.46. The van der Waals surface area contributed by atoms with Crippen molar-refractivity contribution in [2.75, 3.05) is 27.8 Å². The Morgan fingerprint density at radius 1 is 1.40 bits per heavy atom. The molecule has 0 amide bonds. The van der Waals surface area contributed by atoms with E-state index in [0.29, 0.717) is 17.7 Å². The molecule has 1 aromatic rings. The molecular weight excluding hydrogens is 256 g/mol. The van der Waals surface area contributed by atoms with Gasteiger partial charge in [-0.1, -0.05) is 6.07 Å². The Bertz CT molecular complexity index is 494. The van der Waals surface area contributed by atoms with Gasteiger partial charge in [-0.05, 0) is 37.7 Å². The maximum atomic E-state index is 11.0. The SMILES string of the molecule is COC(=O)CCCN(C)Cc1ccc(C#N)c(OC)c1. The summed E-state index contributed by atoms with van der Waals surface area (Å²) in [5, 5.41) is 8.93. The zero-order valence-electron chi connectivity index (χ0n) is 12.2. The Labute approximate surface area is 119 Å². The third-order valence-electron chi connectivity index (χ3n) is 2.99. The molecule has 0 saturated heterocycles. The molecule has 0 unspecified atom stereocenters. The maximum Gasteiger partial charge on any atom is 0.305 e. The second-order valence-electron chi connectivity index (χ2n) is 4.56. The normalized spacial score (nSPS) is 10.2. The smallest absolute Gasteiger partial charge is 0.305 e. The molecule has 0 spiro atoms. The Morgan fingerprint density at radius 3 is 2.75 bits per heavy atom. The Morgan fingerprint density at radius 2 is 2.15 bits per heavy atom. The monoisotopic (exact) mass is 276 g/mol. The minimum atomic E-state index is -0.182.